The van der Waals surface area contributed by atoms with Crippen molar-refractivity contribution >= 4 is 11.8 Å². The molecule has 0 heterocycles. The first-order valence-corrected chi connectivity index (χ1v) is 5.44. The van der Waals surface area contributed by atoms with Crippen LogP contribution in [0.4, 0.5) is 0 Å². The zero-order valence-corrected chi connectivity index (χ0v) is 9.98. The van der Waals surface area contributed by atoms with E-state index < -0.39 is 0 Å². The summed E-state index contributed by atoms with van der Waals surface area (Å²) in [6.07, 6.45) is 0. The van der Waals surface area contributed by atoms with Crippen molar-refractivity contribution < 1.29 is 5.11 Å². The van der Waals surface area contributed by atoms with Crippen LogP contribution in [0.25, 0.3) is 0 Å². The van der Waals surface area contributed by atoms with Crippen LogP contribution >= 0.6 is 11.8 Å². The number of azo groups is 1. The van der Waals surface area contributed by atoms with E-state index in [1.165, 1.54) is 0 Å². The molecule has 3 nitrogen and oxygen atoms in total. The molecule has 0 aromatic heterocycles. The zero-order chi connectivity index (χ0) is 10.5. The fraction of sp³-hybridized carbons (Fsp3) is 1.00. The Labute approximate surface area is 85.0 Å². The summed E-state index contributed by atoms with van der Waals surface area (Å²) in [5.41, 5.74) is -0.114. The molecule has 0 atom stereocenters. The molecule has 0 rings (SSSR count). The fourth-order valence-electron chi connectivity index (χ4n) is 0.595. The summed E-state index contributed by atoms with van der Waals surface area (Å²) in [6.45, 7) is 10.3. The predicted octanol–water partition coefficient (Wildman–Crippen LogP) is 2.70. The van der Waals surface area contributed by atoms with Crippen LogP contribution in [0.3, 0.4) is 0 Å². The second-order valence-electron chi connectivity index (χ2n) is 4.39. The second-order valence-corrected chi connectivity index (χ2v) is 6.09. The van der Waals surface area contributed by atoms with Gasteiger partial charge >= 0.3 is 0 Å². The van der Waals surface area contributed by atoms with E-state index in [-0.39, 0.29) is 17.0 Å². The van der Waals surface area contributed by atoms with E-state index >= 15 is 0 Å². The van der Waals surface area contributed by atoms with Gasteiger partial charge in [0.1, 0.15) is 4.87 Å². The quantitative estimate of drug-likeness (QED) is 0.716. The van der Waals surface area contributed by atoms with E-state index in [1.807, 2.05) is 34.6 Å². The molecule has 0 aliphatic heterocycles. The van der Waals surface area contributed by atoms with Crippen LogP contribution in [0, 0.1) is 0 Å². The average molecular weight is 204 g/mol. The molecule has 0 aromatic rings. The third-order valence-electron chi connectivity index (χ3n) is 1.14. The van der Waals surface area contributed by atoms with Gasteiger partial charge in [-0.15, -0.1) is 11.8 Å². The van der Waals surface area contributed by atoms with Gasteiger partial charge in [-0.25, -0.2) is 0 Å². The van der Waals surface area contributed by atoms with Crippen molar-refractivity contribution in [2.45, 2.75) is 45.0 Å². The van der Waals surface area contributed by atoms with Gasteiger partial charge in [-0.3, -0.25) is 0 Å². The highest BCUT2D eigenvalue weighted by Gasteiger charge is 2.18. The van der Waals surface area contributed by atoms with Crippen molar-refractivity contribution in [2.75, 3.05) is 12.4 Å². The third kappa shape index (κ3) is 8.25. The van der Waals surface area contributed by atoms with E-state index in [1.54, 1.807) is 11.8 Å². The average Bonchev–Trinajstić information content (AvgIpc) is 1.97. The molecule has 13 heavy (non-hydrogen) atoms. The van der Waals surface area contributed by atoms with Gasteiger partial charge in [0.05, 0.1) is 12.1 Å². The van der Waals surface area contributed by atoms with Crippen molar-refractivity contribution in [2.24, 2.45) is 10.2 Å². The van der Waals surface area contributed by atoms with Crippen molar-refractivity contribution in [1.82, 2.24) is 0 Å². The van der Waals surface area contributed by atoms with Crippen LogP contribution < -0.4 is 0 Å². The summed E-state index contributed by atoms with van der Waals surface area (Å²) in [5, 5.41) is 17.1. The van der Waals surface area contributed by atoms with Gasteiger partial charge in [-0.1, -0.05) is 0 Å². The molecule has 0 spiro atoms. The van der Waals surface area contributed by atoms with Crippen LogP contribution in [-0.2, 0) is 0 Å². The number of hydrogen-bond acceptors (Lipinski definition) is 4. The maximum absolute atomic E-state index is 8.66. The highest BCUT2D eigenvalue weighted by molar-refractivity contribution is 8.00. The molecule has 0 aliphatic carbocycles. The Morgan fingerprint density at radius 1 is 1.08 bits per heavy atom. The minimum Gasteiger partial charge on any atom is -0.396 e. The Balaban J connectivity index is 4.08. The molecule has 0 saturated carbocycles. The molecule has 0 radical (unpaired) electrons. The summed E-state index contributed by atoms with van der Waals surface area (Å²) in [5.74, 6) is 0.705. The van der Waals surface area contributed by atoms with E-state index in [0.29, 0.717) is 5.75 Å². The molecular weight excluding hydrogens is 184 g/mol. The fourth-order valence-corrected chi connectivity index (χ4v) is 1.28. The summed E-state index contributed by atoms with van der Waals surface area (Å²) < 4.78 is 0. The number of aliphatic hydroxyl groups excluding tert-OH is 1. The SMILES string of the molecule is CC(C)(C)N=NC(C)(C)SCCO. The van der Waals surface area contributed by atoms with Crippen LogP contribution in [0.15, 0.2) is 10.2 Å². The first kappa shape index (κ1) is 12.9. The Hall–Kier alpha value is -0.0900. The normalized spacial score (nSPS) is 14.0. The van der Waals surface area contributed by atoms with Crippen molar-refractivity contribution in [3.8, 4) is 0 Å². The monoisotopic (exact) mass is 204 g/mol. The molecule has 0 aliphatic rings. The third-order valence-corrected chi connectivity index (χ3v) is 2.31. The first-order chi connectivity index (χ1) is 5.77. The van der Waals surface area contributed by atoms with Gasteiger partial charge in [-0.2, -0.15) is 10.2 Å². The molecule has 0 aromatic carbocycles. The minimum absolute atomic E-state index is 0.114. The van der Waals surface area contributed by atoms with E-state index in [9.17, 15) is 0 Å². The van der Waals surface area contributed by atoms with E-state index in [0.717, 1.165) is 0 Å². The van der Waals surface area contributed by atoms with Gasteiger partial charge in [0.25, 0.3) is 0 Å². The van der Waals surface area contributed by atoms with E-state index in [2.05, 4.69) is 10.2 Å². The Kier molecular flexibility index (Phi) is 4.92. The van der Waals surface area contributed by atoms with Gasteiger partial charge in [-0.05, 0) is 34.6 Å². The zero-order valence-electron chi connectivity index (χ0n) is 9.16. The molecule has 0 bridgehead atoms. The smallest absolute Gasteiger partial charge is 0.121 e. The molecule has 1 N–H and O–H groups in total. The molecule has 4 heteroatoms. The molecule has 0 saturated heterocycles. The van der Waals surface area contributed by atoms with Gasteiger partial charge in [0, 0.05) is 5.75 Å². The highest BCUT2D eigenvalue weighted by atomic mass is 32.2. The van der Waals surface area contributed by atoms with Crippen LogP contribution in [-0.4, -0.2) is 27.9 Å². The highest BCUT2D eigenvalue weighted by Crippen LogP contribution is 2.27. The topological polar surface area (TPSA) is 45.0 Å². The molecule has 0 unspecified atom stereocenters. The summed E-state index contributed by atoms with van der Waals surface area (Å²) in [6, 6.07) is 0. The number of hydrogen-bond donors (Lipinski definition) is 1. The lowest BCUT2D eigenvalue weighted by molar-refractivity contribution is 0.322. The standard InChI is InChI=1S/C9H20N2OS/c1-8(2,3)10-11-9(4,5)13-7-6-12/h12H,6-7H2,1-5H3. The lowest BCUT2D eigenvalue weighted by atomic mass is 10.1. The number of nitrogens with zero attached hydrogens (tertiary/aromatic N) is 2. The van der Waals surface area contributed by atoms with Gasteiger partial charge in [0.2, 0.25) is 0 Å². The van der Waals surface area contributed by atoms with E-state index in [4.69, 9.17) is 5.11 Å². The van der Waals surface area contributed by atoms with Crippen LogP contribution in [0.5, 0.6) is 0 Å². The lowest BCUT2D eigenvalue weighted by Crippen LogP contribution is -2.16. The summed E-state index contributed by atoms with van der Waals surface area (Å²) in [7, 11) is 0. The van der Waals surface area contributed by atoms with Gasteiger partial charge in [0.15, 0.2) is 0 Å². The van der Waals surface area contributed by atoms with Gasteiger partial charge < -0.3 is 5.11 Å². The Morgan fingerprint density at radius 3 is 2.00 bits per heavy atom. The Bertz CT molecular complexity index is 173. The lowest BCUT2D eigenvalue weighted by Gasteiger charge is -2.19. The molecule has 0 fully saturated rings. The molecule has 78 valence electrons. The predicted molar refractivity (Wildman–Crippen MR) is 58.2 cm³/mol. The maximum Gasteiger partial charge on any atom is 0.121 e. The van der Waals surface area contributed by atoms with Crippen LogP contribution in [0.1, 0.15) is 34.6 Å². The van der Waals surface area contributed by atoms with Crippen LogP contribution in [0.2, 0.25) is 0 Å². The molecule has 0 amide bonds. The largest absolute Gasteiger partial charge is 0.396 e. The van der Waals surface area contributed by atoms with Crippen molar-refractivity contribution in [1.29, 1.82) is 0 Å². The number of rotatable bonds is 4. The second kappa shape index (κ2) is 4.96. The van der Waals surface area contributed by atoms with Crippen molar-refractivity contribution in [3.05, 3.63) is 0 Å². The van der Waals surface area contributed by atoms with Crippen molar-refractivity contribution in [3.63, 3.8) is 0 Å². The molecular formula is C9H20N2OS. The summed E-state index contributed by atoms with van der Waals surface area (Å²) >= 11 is 1.61. The minimum atomic E-state index is -0.226. The first-order valence-electron chi connectivity index (χ1n) is 4.46. The Morgan fingerprint density at radius 2 is 1.62 bits per heavy atom. The maximum atomic E-state index is 8.66. The summed E-state index contributed by atoms with van der Waals surface area (Å²) in [4.78, 5) is -0.226. The number of thioether (sulfide) groups is 1. The number of aliphatic hydroxyl groups is 1.